The molecule has 0 bridgehead atoms. The standard InChI is InChI=1S/C18H40N2O/c1-3-4-5-6-7-8-9-10-11-12-15-21-16-13-14-20-17-18(2)19/h18,20H,3-17,19H2,1-2H3. The zero-order valence-electron chi connectivity index (χ0n) is 14.7. The number of nitrogens with one attached hydrogen (secondary N) is 1. The SMILES string of the molecule is CCCCCCCCCCCCOCCCNCC(C)N. The molecule has 128 valence electrons. The number of unbranched alkanes of at least 4 members (excludes halogenated alkanes) is 9. The molecule has 0 saturated carbocycles. The molecule has 0 radical (unpaired) electrons. The lowest BCUT2D eigenvalue weighted by atomic mass is 10.1. The molecule has 0 aliphatic carbocycles. The second kappa shape index (κ2) is 17.9. The molecule has 0 fully saturated rings. The van der Waals surface area contributed by atoms with E-state index in [2.05, 4.69) is 12.2 Å². The first kappa shape index (κ1) is 20.9. The van der Waals surface area contributed by atoms with Gasteiger partial charge < -0.3 is 15.8 Å². The molecule has 0 rings (SSSR count). The lowest BCUT2D eigenvalue weighted by Gasteiger charge is -2.08. The van der Waals surface area contributed by atoms with Crippen LogP contribution in [0.1, 0.15) is 84.5 Å². The smallest absolute Gasteiger partial charge is 0.0478 e. The van der Waals surface area contributed by atoms with E-state index in [0.717, 1.165) is 32.7 Å². The number of nitrogens with two attached hydrogens (primary N) is 1. The van der Waals surface area contributed by atoms with Crippen LogP contribution in [0, 0.1) is 0 Å². The summed E-state index contributed by atoms with van der Waals surface area (Å²) in [5.74, 6) is 0. The first-order valence-corrected chi connectivity index (χ1v) is 9.31. The molecular formula is C18H40N2O. The molecule has 3 heteroatoms. The molecule has 0 aliphatic rings. The highest BCUT2D eigenvalue weighted by Crippen LogP contribution is 2.10. The second-order valence-electron chi connectivity index (χ2n) is 6.33. The number of rotatable bonds is 17. The maximum atomic E-state index is 5.66. The van der Waals surface area contributed by atoms with Crippen molar-refractivity contribution in [3.05, 3.63) is 0 Å². The fourth-order valence-corrected chi connectivity index (χ4v) is 2.42. The van der Waals surface area contributed by atoms with Crippen LogP contribution in [0.3, 0.4) is 0 Å². The zero-order chi connectivity index (χ0) is 15.6. The summed E-state index contributed by atoms with van der Waals surface area (Å²) < 4.78 is 5.64. The van der Waals surface area contributed by atoms with Crippen LogP contribution in [-0.2, 0) is 4.74 Å². The Balaban J connectivity index is 2.93. The summed E-state index contributed by atoms with van der Waals surface area (Å²) in [5.41, 5.74) is 5.66. The van der Waals surface area contributed by atoms with E-state index in [1.54, 1.807) is 0 Å². The zero-order valence-corrected chi connectivity index (χ0v) is 14.7. The second-order valence-corrected chi connectivity index (χ2v) is 6.33. The minimum absolute atomic E-state index is 0.248. The van der Waals surface area contributed by atoms with Gasteiger partial charge in [-0.25, -0.2) is 0 Å². The molecule has 0 aromatic carbocycles. The molecule has 0 aromatic rings. The van der Waals surface area contributed by atoms with Crippen LogP contribution >= 0.6 is 0 Å². The molecule has 3 N–H and O–H groups in total. The monoisotopic (exact) mass is 300 g/mol. The Bertz CT molecular complexity index is 186. The molecule has 1 unspecified atom stereocenters. The highest BCUT2D eigenvalue weighted by Gasteiger charge is 1.95. The molecule has 1 atom stereocenters. The lowest BCUT2D eigenvalue weighted by Crippen LogP contribution is -2.31. The Morgan fingerprint density at radius 3 is 1.90 bits per heavy atom. The summed E-state index contributed by atoms with van der Waals surface area (Å²) in [6, 6.07) is 0.248. The highest BCUT2D eigenvalue weighted by atomic mass is 16.5. The third-order valence-corrected chi connectivity index (χ3v) is 3.75. The van der Waals surface area contributed by atoms with E-state index in [-0.39, 0.29) is 6.04 Å². The van der Waals surface area contributed by atoms with Gasteiger partial charge >= 0.3 is 0 Å². The van der Waals surface area contributed by atoms with Gasteiger partial charge in [-0.1, -0.05) is 64.7 Å². The fraction of sp³-hybridized carbons (Fsp3) is 1.00. The molecule has 0 saturated heterocycles. The van der Waals surface area contributed by atoms with Gasteiger partial charge in [-0.2, -0.15) is 0 Å². The van der Waals surface area contributed by atoms with Gasteiger partial charge in [-0.3, -0.25) is 0 Å². The Labute approximate surface area is 133 Å². The van der Waals surface area contributed by atoms with Crippen LogP contribution in [0.15, 0.2) is 0 Å². The minimum Gasteiger partial charge on any atom is -0.381 e. The maximum Gasteiger partial charge on any atom is 0.0478 e. The lowest BCUT2D eigenvalue weighted by molar-refractivity contribution is 0.127. The summed E-state index contributed by atoms with van der Waals surface area (Å²) in [4.78, 5) is 0. The first-order valence-electron chi connectivity index (χ1n) is 9.31. The molecule has 0 heterocycles. The summed E-state index contributed by atoms with van der Waals surface area (Å²) in [6.07, 6.45) is 14.9. The van der Waals surface area contributed by atoms with Crippen molar-refractivity contribution in [2.24, 2.45) is 5.73 Å². The van der Waals surface area contributed by atoms with Crippen LogP contribution in [0.2, 0.25) is 0 Å². The molecular weight excluding hydrogens is 260 g/mol. The summed E-state index contributed by atoms with van der Waals surface area (Å²) >= 11 is 0. The number of hydrogen-bond acceptors (Lipinski definition) is 3. The predicted molar refractivity (Wildman–Crippen MR) is 93.8 cm³/mol. The minimum atomic E-state index is 0.248. The quantitative estimate of drug-likeness (QED) is 0.395. The molecule has 0 amide bonds. The van der Waals surface area contributed by atoms with Crippen LogP contribution in [-0.4, -0.2) is 32.3 Å². The Morgan fingerprint density at radius 1 is 0.810 bits per heavy atom. The van der Waals surface area contributed by atoms with Gasteiger partial charge in [-0.05, 0) is 26.3 Å². The largest absolute Gasteiger partial charge is 0.381 e. The third kappa shape index (κ3) is 19.9. The Hall–Kier alpha value is -0.120. The normalized spacial score (nSPS) is 12.7. The fourth-order valence-electron chi connectivity index (χ4n) is 2.42. The van der Waals surface area contributed by atoms with Crippen molar-refractivity contribution in [2.45, 2.75) is 90.5 Å². The van der Waals surface area contributed by atoms with Crippen molar-refractivity contribution in [3.63, 3.8) is 0 Å². The van der Waals surface area contributed by atoms with E-state index in [1.807, 2.05) is 6.92 Å². The molecule has 21 heavy (non-hydrogen) atoms. The van der Waals surface area contributed by atoms with Crippen molar-refractivity contribution in [2.75, 3.05) is 26.3 Å². The molecule has 0 spiro atoms. The van der Waals surface area contributed by atoms with Gasteiger partial charge in [0, 0.05) is 25.8 Å². The van der Waals surface area contributed by atoms with Crippen LogP contribution in [0.25, 0.3) is 0 Å². The van der Waals surface area contributed by atoms with Crippen LogP contribution < -0.4 is 11.1 Å². The van der Waals surface area contributed by atoms with E-state index < -0.39 is 0 Å². The highest BCUT2D eigenvalue weighted by molar-refractivity contribution is 4.56. The summed E-state index contributed by atoms with van der Waals surface area (Å²) in [5, 5.41) is 3.32. The van der Waals surface area contributed by atoms with Gasteiger partial charge in [0.15, 0.2) is 0 Å². The summed E-state index contributed by atoms with van der Waals surface area (Å²) in [6.45, 7) is 8.03. The average molecular weight is 301 g/mol. The van der Waals surface area contributed by atoms with E-state index in [1.165, 1.54) is 64.2 Å². The van der Waals surface area contributed by atoms with Crippen molar-refractivity contribution in [3.8, 4) is 0 Å². The first-order chi connectivity index (χ1) is 10.3. The Kier molecular flexibility index (Phi) is 17.8. The molecule has 0 aromatic heterocycles. The average Bonchev–Trinajstić information content (AvgIpc) is 2.46. The van der Waals surface area contributed by atoms with Crippen LogP contribution in [0.4, 0.5) is 0 Å². The van der Waals surface area contributed by atoms with Gasteiger partial charge in [0.1, 0.15) is 0 Å². The maximum absolute atomic E-state index is 5.66. The number of hydrogen-bond donors (Lipinski definition) is 2. The topological polar surface area (TPSA) is 47.3 Å². The number of ether oxygens (including phenoxy) is 1. The Morgan fingerprint density at radius 2 is 1.33 bits per heavy atom. The third-order valence-electron chi connectivity index (χ3n) is 3.75. The van der Waals surface area contributed by atoms with Crippen molar-refractivity contribution in [1.29, 1.82) is 0 Å². The molecule has 0 aliphatic heterocycles. The van der Waals surface area contributed by atoms with Crippen molar-refractivity contribution < 1.29 is 4.74 Å². The van der Waals surface area contributed by atoms with Crippen molar-refractivity contribution >= 4 is 0 Å². The summed E-state index contributed by atoms with van der Waals surface area (Å²) in [7, 11) is 0. The van der Waals surface area contributed by atoms with E-state index in [9.17, 15) is 0 Å². The van der Waals surface area contributed by atoms with Gasteiger partial charge in [0.25, 0.3) is 0 Å². The van der Waals surface area contributed by atoms with E-state index in [4.69, 9.17) is 10.5 Å². The van der Waals surface area contributed by atoms with E-state index in [0.29, 0.717) is 0 Å². The van der Waals surface area contributed by atoms with Gasteiger partial charge in [-0.15, -0.1) is 0 Å². The predicted octanol–water partition coefficient (Wildman–Crippen LogP) is 4.25. The van der Waals surface area contributed by atoms with Crippen LogP contribution in [0.5, 0.6) is 0 Å². The molecule has 3 nitrogen and oxygen atoms in total. The van der Waals surface area contributed by atoms with Gasteiger partial charge in [0.05, 0.1) is 0 Å². The van der Waals surface area contributed by atoms with E-state index >= 15 is 0 Å². The van der Waals surface area contributed by atoms with Gasteiger partial charge in [0.2, 0.25) is 0 Å². The van der Waals surface area contributed by atoms with Crippen molar-refractivity contribution in [1.82, 2.24) is 5.32 Å².